The molecule has 0 amide bonds. The molecule has 0 aliphatic rings. The Balaban J connectivity index is 1.86. The molecule has 0 radical (unpaired) electrons. The maximum Gasteiger partial charge on any atom is 0.411 e. The lowest BCUT2D eigenvalue weighted by Gasteiger charge is -2.05. The lowest BCUT2D eigenvalue weighted by atomic mass is 10.4. The molecule has 0 fully saturated rings. The fourth-order valence-corrected chi connectivity index (χ4v) is 1.55. The summed E-state index contributed by atoms with van der Waals surface area (Å²) < 4.78 is 46.9. The molecule has 116 valence electrons. The maximum atomic E-state index is 11.9. The highest BCUT2D eigenvalue weighted by molar-refractivity contribution is 5.44. The fourth-order valence-electron chi connectivity index (χ4n) is 1.55. The van der Waals surface area contributed by atoms with Crippen LogP contribution in [0.15, 0.2) is 17.0 Å². The summed E-state index contributed by atoms with van der Waals surface area (Å²) in [6.07, 6.45) is -0.926. The van der Waals surface area contributed by atoms with Crippen LogP contribution < -0.4 is 5.73 Å². The van der Waals surface area contributed by atoms with E-state index in [1.54, 1.807) is 17.1 Å². The van der Waals surface area contributed by atoms with Gasteiger partial charge >= 0.3 is 6.18 Å². The van der Waals surface area contributed by atoms with Crippen molar-refractivity contribution in [1.82, 2.24) is 19.7 Å². The third-order valence-electron chi connectivity index (χ3n) is 2.44. The van der Waals surface area contributed by atoms with Crippen molar-refractivity contribution in [3.63, 3.8) is 0 Å². The van der Waals surface area contributed by atoms with Gasteiger partial charge in [-0.25, -0.2) is 4.98 Å². The van der Waals surface area contributed by atoms with Crippen LogP contribution in [0.5, 0.6) is 0 Å². The van der Waals surface area contributed by atoms with E-state index in [0.717, 1.165) is 0 Å². The van der Waals surface area contributed by atoms with Crippen molar-refractivity contribution >= 4 is 0 Å². The maximum absolute atomic E-state index is 11.9. The Kier molecular flexibility index (Phi) is 4.91. The van der Waals surface area contributed by atoms with Gasteiger partial charge in [0, 0.05) is 25.7 Å². The molecule has 0 saturated heterocycles. The predicted molar refractivity (Wildman–Crippen MR) is 65.2 cm³/mol. The van der Waals surface area contributed by atoms with Crippen LogP contribution in [0.1, 0.15) is 5.82 Å². The van der Waals surface area contributed by atoms with E-state index in [1.807, 2.05) is 0 Å². The summed E-state index contributed by atoms with van der Waals surface area (Å²) in [5, 5.41) is 3.66. The third kappa shape index (κ3) is 4.83. The number of ether oxygens (including phenoxy) is 1. The number of halogens is 3. The van der Waals surface area contributed by atoms with Gasteiger partial charge in [0.05, 0.1) is 12.9 Å². The van der Waals surface area contributed by atoms with Crippen LogP contribution in [0, 0.1) is 0 Å². The van der Waals surface area contributed by atoms with E-state index in [9.17, 15) is 13.2 Å². The van der Waals surface area contributed by atoms with Crippen LogP contribution in [0.2, 0.25) is 0 Å². The fraction of sp³-hybridized carbons (Fsp3) is 0.545. The molecule has 2 N–H and O–H groups in total. The summed E-state index contributed by atoms with van der Waals surface area (Å²) in [7, 11) is 0. The number of rotatable bonds is 7. The molecule has 0 aliphatic heterocycles. The van der Waals surface area contributed by atoms with Crippen LogP contribution in [0.25, 0.3) is 11.6 Å². The lowest BCUT2D eigenvalue weighted by Crippen LogP contribution is -2.18. The number of nitrogens with two attached hydrogens (primary N) is 1. The quantitative estimate of drug-likeness (QED) is 0.768. The number of hydrogen-bond acceptors (Lipinski definition) is 6. The van der Waals surface area contributed by atoms with Gasteiger partial charge in [-0.1, -0.05) is 5.16 Å². The van der Waals surface area contributed by atoms with Gasteiger partial charge in [-0.2, -0.15) is 18.2 Å². The topological polar surface area (TPSA) is 92.0 Å². The minimum atomic E-state index is -4.34. The van der Waals surface area contributed by atoms with E-state index in [0.29, 0.717) is 18.8 Å². The zero-order valence-electron chi connectivity index (χ0n) is 11.0. The van der Waals surface area contributed by atoms with Gasteiger partial charge < -0.3 is 19.6 Å². The SMILES string of the molecule is NCCn1cnc(-c2nc(CCOCC(F)(F)F)no2)c1. The average molecular weight is 305 g/mol. The van der Waals surface area contributed by atoms with Crippen molar-refractivity contribution in [2.24, 2.45) is 5.73 Å². The molecular formula is C11H14F3N5O2. The number of imidazole rings is 1. The van der Waals surface area contributed by atoms with Gasteiger partial charge in [0.1, 0.15) is 12.3 Å². The van der Waals surface area contributed by atoms with Gasteiger partial charge in [-0.05, 0) is 0 Å². The van der Waals surface area contributed by atoms with E-state index >= 15 is 0 Å². The Hall–Kier alpha value is -1.94. The molecule has 2 rings (SSSR count). The molecule has 0 aromatic carbocycles. The van der Waals surface area contributed by atoms with Crippen molar-refractivity contribution in [1.29, 1.82) is 0 Å². The van der Waals surface area contributed by atoms with Crippen LogP contribution in [-0.4, -0.2) is 45.6 Å². The highest BCUT2D eigenvalue weighted by Crippen LogP contribution is 2.16. The molecule has 0 aliphatic carbocycles. The molecule has 0 saturated carbocycles. The summed E-state index contributed by atoms with van der Waals surface area (Å²) >= 11 is 0. The number of aromatic nitrogens is 4. The molecule has 10 heteroatoms. The molecule has 21 heavy (non-hydrogen) atoms. The van der Waals surface area contributed by atoms with Crippen molar-refractivity contribution in [3.8, 4) is 11.6 Å². The Morgan fingerprint density at radius 3 is 2.90 bits per heavy atom. The second-order valence-electron chi connectivity index (χ2n) is 4.22. The lowest BCUT2D eigenvalue weighted by molar-refractivity contribution is -0.173. The molecule has 0 atom stereocenters. The van der Waals surface area contributed by atoms with Crippen LogP contribution >= 0.6 is 0 Å². The standard InChI is InChI=1S/C11H14F3N5O2/c12-11(13,14)6-20-4-1-9-17-10(21-18-9)8-5-19(3-2-15)7-16-8/h5,7H,1-4,6,15H2. The second-order valence-corrected chi connectivity index (χ2v) is 4.22. The van der Waals surface area contributed by atoms with Crippen LogP contribution in [0.3, 0.4) is 0 Å². The largest absolute Gasteiger partial charge is 0.411 e. The summed E-state index contributed by atoms with van der Waals surface area (Å²) in [6.45, 7) is -0.345. The van der Waals surface area contributed by atoms with E-state index in [1.165, 1.54) is 0 Å². The van der Waals surface area contributed by atoms with Crippen molar-refractivity contribution in [2.45, 2.75) is 19.1 Å². The highest BCUT2D eigenvalue weighted by Gasteiger charge is 2.27. The zero-order chi connectivity index (χ0) is 15.3. The van der Waals surface area contributed by atoms with Crippen molar-refractivity contribution in [2.75, 3.05) is 19.8 Å². The minimum Gasteiger partial charge on any atom is -0.372 e. The van der Waals surface area contributed by atoms with E-state index in [2.05, 4.69) is 19.9 Å². The molecule has 2 heterocycles. The van der Waals surface area contributed by atoms with Crippen LogP contribution in [-0.2, 0) is 17.7 Å². The first-order chi connectivity index (χ1) is 9.98. The van der Waals surface area contributed by atoms with Gasteiger partial charge in [0.15, 0.2) is 5.82 Å². The van der Waals surface area contributed by atoms with Gasteiger partial charge in [-0.15, -0.1) is 0 Å². The van der Waals surface area contributed by atoms with Crippen LogP contribution in [0.4, 0.5) is 13.2 Å². The summed E-state index contributed by atoms with van der Waals surface area (Å²) in [4.78, 5) is 8.12. The monoisotopic (exact) mass is 305 g/mol. The Morgan fingerprint density at radius 2 is 2.19 bits per heavy atom. The van der Waals surface area contributed by atoms with Gasteiger partial charge in [0.25, 0.3) is 5.89 Å². The molecular weight excluding hydrogens is 291 g/mol. The average Bonchev–Trinajstić information content (AvgIpc) is 3.02. The van der Waals surface area contributed by atoms with E-state index < -0.39 is 12.8 Å². The Bertz CT molecular complexity index is 566. The summed E-state index contributed by atoms with van der Waals surface area (Å²) in [5.41, 5.74) is 5.90. The first-order valence-corrected chi connectivity index (χ1v) is 6.17. The number of alkyl halides is 3. The van der Waals surface area contributed by atoms with Crippen molar-refractivity contribution < 1.29 is 22.4 Å². The molecule has 0 bridgehead atoms. The van der Waals surface area contributed by atoms with Gasteiger partial charge in [0.2, 0.25) is 0 Å². The zero-order valence-corrected chi connectivity index (χ0v) is 11.0. The predicted octanol–water partition coefficient (Wildman–Crippen LogP) is 1.01. The molecule has 2 aromatic heterocycles. The number of hydrogen-bond donors (Lipinski definition) is 1. The molecule has 7 nitrogen and oxygen atoms in total. The number of nitrogens with zero attached hydrogens (tertiary/aromatic N) is 4. The normalized spacial score (nSPS) is 12.0. The summed E-state index contributed by atoms with van der Waals surface area (Å²) in [5.74, 6) is 0.470. The van der Waals surface area contributed by atoms with Crippen molar-refractivity contribution in [3.05, 3.63) is 18.3 Å². The smallest absolute Gasteiger partial charge is 0.372 e. The minimum absolute atomic E-state index is 0.128. The molecule has 0 spiro atoms. The Morgan fingerprint density at radius 1 is 1.38 bits per heavy atom. The van der Waals surface area contributed by atoms with E-state index in [4.69, 9.17) is 10.3 Å². The van der Waals surface area contributed by atoms with E-state index in [-0.39, 0.29) is 24.7 Å². The van der Waals surface area contributed by atoms with Gasteiger partial charge in [-0.3, -0.25) is 0 Å². The summed E-state index contributed by atoms with van der Waals surface area (Å²) in [6, 6.07) is 0. The first kappa shape index (κ1) is 15.4. The third-order valence-corrected chi connectivity index (χ3v) is 2.44. The first-order valence-electron chi connectivity index (χ1n) is 6.17. The second kappa shape index (κ2) is 6.68. The molecule has 2 aromatic rings. The Labute approximate surface area is 117 Å². The molecule has 0 unspecified atom stereocenters. The highest BCUT2D eigenvalue weighted by atomic mass is 19.4.